The molecule has 2 aromatic rings. The molecule has 3 N–H and O–H groups in total. The lowest BCUT2D eigenvalue weighted by Gasteiger charge is -2.23. The summed E-state index contributed by atoms with van der Waals surface area (Å²) < 4.78 is 0. The lowest BCUT2D eigenvalue weighted by atomic mass is 10.00. The Bertz CT molecular complexity index is 673. The molecule has 1 saturated heterocycles. The third-order valence-corrected chi connectivity index (χ3v) is 3.66. The molecule has 0 aliphatic carbocycles. The Morgan fingerprint density at radius 1 is 1.17 bits per heavy atom. The van der Waals surface area contributed by atoms with Crippen molar-refractivity contribution in [3.63, 3.8) is 0 Å². The largest absolute Gasteiger partial charge is 0.370 e. The Morgan fingerprint density at radius 3 is 2.83 bits per heavy atom. The van der Waals surface area contributed by atoms with Crippen LogP contribution < -0.4 is 16.0 Å². The lowest BCUT2D eigenvalue weighted by molar-refractivity contribution is 0.392. The van der Waals surface area contributed by atoms with E-state index in [9.17, 15) is 0 Å². The monoisotopic (exact) mass is 310 g/mol. The van der Waals surface area contributed by atoms with Crippen molar-refractivity contribution < 1.29 is 0 Å². The standard InChI is InChI=1S/C15H18N8/c16-5-12-8-20-15(9-18-12)23-14-4-13(21-10-22-14)19-7-11-2-1-3-17-6-11/h4,8-11,17H,1-3,6-7H2,(H2,19,20,21,22,23)/t11-/m1/s1. The molecule has 23 heavy (non-hydrogen) atoms. The zero-order valence-electron chi connectivity index (χ0n) is 12.7. The van der Waals surface area contributed by atoms with Crippen LogP contribution in [0.1, 0.15) is 18.5 Å². The van der Waals surface area contributed by atoms with E-state index in [0.717, 1.165) is 25.5 Å². The van der Waals surface area contributed by atoms with Gasteiger partial charge in [-0.25, -0.2) is 19.9 Å². The summed E-state index contributed by atoms with van der Waals surface area (Å²) in [5, 5.41) is 18.5. The smallest absolute Gasteiger partial charge is 0.158 e. The van der Waals surface area contributed by atoms with E-state index in [0.29, 0.717) is 17.6 Å². The van der Waals surface area contributed by atoms with Crippen LogP contribution in [-0.4, -0.2) is 39.6 Å². The van der Waals surface area contributed by atoms with Crippen molar-refractivity contribution in [1.29, 1.82) is 5.26 Å². The fraction of sp³-hybridized carbons (Fsp3) is 0.400. The second-order valence-corrected chi connectivity index (χ2v) is 5.41. The van der Waals surface area contributed by atoms with Crippen molar-refractivity contribution >= 4 is 17.5 Å². The van der Waals surface area contributed by atoms with Gasteiger partial charge in [-0.15, -0.1) is 0 Å². The zero-order valence-corrected chi connectivity index (χ0v) is 12.7. The van der Waals surface area contributed by atoms with Crippen LogP contribution in [0.25, 0.3) is 0 Å². The molecular formula is C15H18N8. The van der Waals surface area contributed by atoms with Gasteiger partial charge in [0.05, 0.1) is 12.4 Å². The number of rotatable bonds is 5. The van der Waals surface area contributed by atoms with E-state index in [4.69, 9.17) is 5.26 Å². The molecule has 1 aliphatic heterocycles. The Kier molecular flexibility index (Phi) is 4.91. The Hall–Kier alpha value is -2.79. The van der Waals surface area contributed by atoms with E-state index >= 15 is 0 Å². The number of hydrogen-bond donors (Lipinski definition) is 3. The van der Waals surface area contributed by atoms with E-state index in [1.54, 1.807) is 0 Å². The van der Waals surface area contributed by atoms with E-state index < -0.39 is 0 Å². The predicted molar refractivity (Wildman–Crippen MR) is 86.1 cm³/mol. The van der Waals surface area contributed by atoms with Gasteiger partial charge in [-0.1, -0.05) is 0 Å². The van der Waals surface area contributed by atoms with Crippen LogP contribution >= 0.6 is 0 Å². The molecule has 3 heterocycles. The zero-order chi connectivity index (χ0) is 15.9. The van der Waals surface area contributed by atoms with Crippen molar-refractivity contribution in [2.24, 2.45) is 5.92 Å². The number of piperidine rings is 1. The first-order valence-electron chi connectivity index (χ1n) is 7.59. The summed E-state index contributed by atoms with van der Waals surface area (Å²) >= 11 is 0. The topological polar surface area (TPSA) is 111 Å². The average Bonchev–Trinajstić information content (AvgIpc) is 2.62. The van der Waals surface area contributed by atoms with Crippen LogP contribution in [0, 0.1) is 17.2 Å². The molecule has 8 heteroatoms. The van der Waals surface area contributed by atoms with Crippen LogP contribution in [0.5, 0.6) is 0 Å². The van der Waals surface area contributed by atoms with Gasteiger partial charge in [0.25, 0.3) is 0 Å². The van der Waals surface area contributed by atoms with Gasteiger partial charge in [0.15, 0.2) is 5.69 Å². The highest BCUT2D eigenvalue weighted by molar-refractivity contribution is 5.54. The van der Waals surface area contributed by atoms with E-state index in [1.807, 2.05) is 12.1 Å². The third kappa shape index (κ3) is 4.34. The molecule has 2 aromatic heterocycles. The Morgan fingerprint density at radius 2 is 2.09 bits per heavy atom. The van der Waals surface area contributed by atoms with E-state index in [1.165, 1.54) is 31.6 Å². The van der Waals surface area contributed by atoms with Crippen molar-refractivity contribution in [3.05, 3.63) is 30.5 Å². The Balaban J connectivity index is 1.59. The number of aromatic nitrogens is 4. The number of hydrogen-bond acceptors (Lipinski definition) is 8. The third-order valence-electron chi connectivity index (χ3n) is 3.66. The van der Waals surface area contributed by atoms with Gasteiger partial charge in [-0.05, 0) is 31.8 Å². The predicted octanol–water partition coefficient (Wildman–Crippen LogP) is 1.29. The maximum Gasteiger partial charge on any atom is 0.158 e. The average molecular weight is 310 g/mol. The molecule has 0 amide bonds. The number of nitrogens with one attached hydrogen (secondary N) is 3. The van der Waals surface area contributed by atoms with Gasteiger partial charge in [-0.3, -0.25) is 0 Å². The molecule has 8 nitrogen and oxygen atoms in total. The van der Waals surface area contributed by atoms with Crippen LogP contribution in [0.15, 0.2) is 24.8 Å². The van der Waals surface area contributed by atoms with Crippen LogP contribution in [-0.2, 0) is 0 Å². The minimum absolute atomic E-state index is 0.279. The van der Waals surface area contributed by atoms with Crippen LogP contribution in [0.3, 0.4) is 0 Å². The molecule has 1 aliphatic rings. The first kappa shape index (κ1) is 15.1. The van der Waals surface area contributed by atoms with Gasteiger partial charge in [0, 0.05) is 12.6 Å². The molecule has 3 rings (SSSR count). The molecular weight excluding hydrogens is 292 g/mol. The van der Waals surface area contributed by atoms with Crippen molar-refractivity contribution in [1.82, 2.24) is 25.3 Å². The second-order valence-electron chi connectivity index (χ2n) is 5.41. The molecule has 0 unspecified atom stereocenters. The van der Waals surface area contributed by atoms with Crippen LogP contribution in [0.4, 0.5) is 17.5 Å². The first-order valence-corrected chi connectivity index (χ1v) is 7.59. The van der Waals surface area contributed by atoms with Crippen molar-refractivity contribution in [2.75, 3.05) is 30.3 Å². The van der Waals surface area contributed by atoms with E-state index in [-0.39, 0.29) is 5.69 Å². The summed E-state index contributed by atoms with van der Waals surface area (Å²) in [6.45, 7) is 3.05. The molecule has 0 spiro atoms. The molecule has 1 fully saturated rings. The fourth-order valence-electron chi connectivity index (χ4n) is 2.45. The highest BCUT2D eigenvalue weighted by Gasteiger charge is 2.12. The highest BCUT2D eigenvalue weighted by atomic mass is 15.1. The summed E-state index contributed by atoms with van der Waals surface area (Å²) in [4.78, 5) is 16.5. The van der Waals surface area contributed by atoms with Gasteiger partial charge >= 0.3 is 0 Å². The number of nitrogens with zero attached hydrogens (tertiary/aromatic N) is 5. The summed E-state index contributed by atoms with van der Waals surface area (Å²) in [5.41, 5.74) is 0.279. The van der Waals surface area contributed by atoms with Gasteiger partial charge in [0.2, 0.25) is 0 Å². The molecule has 118 valence electrons. The van der Waals surface area contributed by atoms with Gasteiger partial charge < -0.3 is 16.0 Å². The number of anilines is 3. The fourth-order valence-corrected chi connectivity index (χ4v) is 2.45. The van der Waals surface area contributed by atoms with Crippen molar-refractivity contribution in [3.8, 4) is 6.07 Å². The Labute approximate surface area is 134 Å². The maximum absolute atomic E-state index is 8.71. The quantitative estimate of drug-likeness (QED) is 0.757. The van der Waals surface area contributed by atoms with E-state index in [2.05, 4.69) is 35.9 Å². The molecule has 0 bridgehead atoms. The minimum atomic E-state index is 0.279. The number of nitriles is 1. The summed E-state index contributed by atoms with van der Waals surface area (Å²) in [5.74, 6) is 2.56. The molecule has 1 atom stereocenters. The summed E-state index contributed by atoms with van der Waals surface area (Å²) in [6.07, 6.45) is 6.87. The maximum atomic E-state index is 8.71. The SMILES string of the molecule is N#Cc1cnc(Nc2cc(NC[C@@H]3CCCNC3)ncn2)cn1. The molecule has 0 aromatic carbocycles. The first-order chi connectivity index (χ1) is 11.3. The lowest BCUT2D eigenvalue weighted by Crippen LogP contribution is -2.33. The highest BCUT2D eigenvalue weighted by Crippen LogP contribution is 2.15. The van der Waals surface area contributed by atoms with Gasteiger partial charge in [-0.2, -0.15) is 5.26 Å². The summed E-state index contributed by atoms with van der Waals surface area (Å²) in [7, 11) is 0. The molecule has 0 saturated carbocycles. The normalized spacial score (nSPS) is 17.3. The van der Waals surface area contributed by atoms with Crippen LogP contribution in [0.2, 0.25) is 0 Å². The second kappa shape index (κ2) is 7.47. The molecule has 0 radical (unpaired) electrons. The van der Waals surface area contributed by atoms with Crippen molar-refractivity contribution in [2.45, 2.75) is 12.8 Å². The minimum Gasteiger partial charge on any atom is -0.370 e. The summed E-state index contributed by atoms with van der Waals surface area (Å²) in [6, 6.07) is 3.76. The van der Waals surface area contributed by atoms with Gasteiger partial charge in [0.1, 0.15) is 29.9 Å².